The maximum Gasteiger partial charge on any atom is 0.135 e. The fourth-order valence-corrected chi connectivity index (χ4v) is 4.11. The Labute approximate surface area is 203 Å². The quantitative estimate of drug-likeness (QED) is 0.251. The van der Waals surface area contributed by atoms with Crippen LogP contribution in [0.2, 0.25) is 0 Å². The van der Waals surface area contributed by atoms with Crippen LogP contribution in [0, 0.1) is 0 Å². The van der Waals surface area contributed by atoms with E-state index in [0.29, 0.717) is 0 Å². The number of hydrogen-bond donors (Lipinski definition) is 0. The van der Waals surface area contributed by atoms with E-state index in [1.54, 1.807) is 0 Å². The van der Waals surface area contributed by atoms with Crippen LogP contribution in [0.4, 0.5) is 0 Å². The molecule has 3 heteroatoms. The molecule has 0 saturated heterocycles. The van der Waals surface area contributed by atoms with Gasteiger partial charge < -0.3 is 14.2 Å². The summed E-state index contributed by atoms with van der Waals surface area (Å²) in [6.45, 7) is 0. The molecule has 0 spiro atoms. The van der Waals surface area contributed by atoms with Crippen LogP contribution in [0.1, 0.15) is 0 Å². The molecule has 0 radical (unpaired) electrons. The van der Waals surface area contributed by atoms with Crippen molar-refractivity contribution in [1.82, 2.24) is 0 Å². The maximum atomic E-state index is 6.13. The van der Waals surface area contributed by atoms with Crippen LogP contribution < -0.4 is 14.2 Å². The first-order chi connectivity index (χ1) is 17.3. The summed E-state index contributed by atoms with van der Waals surface area (Å²) in [7, 11) is 0. The summed E-state index contributed by atoms with van der Waals surface area (Å²) in [6.07, 6.45) is 0. The van der Waals surface area contributed by atoms with E-state index in [1.165, 1.54) is 0 Å². The lowest BCUT2D eigenvalue weighted by molar-refractivity contribution is 0.466. The molecule has 0 aliphatic heterocycles. The molecule has 0 aliphatic rings. The molecule has 0 atom stereocenters. The van der Waals surface area contributed by atoms with Crippen molar-refractivity contribution >= 4 is 21.5 Å². The zero-order valence-corrected chi connectivity index (χ0v) is 18.9. The number of rotatable bonds is 6. The van der Waals surface area contributed by atoms with Crippen molar-refractivity contribution in [1.29, 1.82) is 0 Å². The summed E-state index contributed by atoms with van der Waals surface area (Å²) in [5.74, 6) is 4.65. The van der Waals surface area contributed by atoms with Gasteiger partial charge in [0.2, 0.25) is 0 Å². The minimum Gasteiger partial charge on any atom is -0.457 e. The molecule has 0 heterocycles. The zero-order chi connectivity index (χ0) is 23.5. The average Bonchev–Trinajstić information content (AvgIpc) is 2.91. The Bertz CT molecular complexity index is 1470. The summed E-state index contributed by atoms with van der Waals surface area (Å²) in [4.78, 5) is 0. The Hall–Kier alpha value is -4.76. The van der Waals surface area contributed by atoms with Crippen LogP contribution in [0.15, 0.2) is 133 Å². The Balaban J connectivity index is 1.13. The summed E-state index contributed by atoms with van der Waals surface area (Å²) in [5.41, 5.74) is 0. The van der Waals surface area contributed by atoms with Gasteiger partial charge in [-0.15, -0.1) is 0 Å². The smallest absolute Gasteiger partial charge is 0.135 e. The van der Waals surface area contributed by atoms with Gasteiger partial charge in [-0.1, -0.05) is 72.8 Å². The van der Waals surface area contributed by atoms with E-state index in [4.69, 9.17) is 14.2 Å². The number of ether oxygens (including phenoxy) is 3. The minimum atomic E-state index is 0.734. The van der Waals surface area contributed by atoms with Gasteiger partial charge in [-0.05, 0) is 71.4 Å². The molecule has 0 bridgehead atoms. The highest BCUT2D eigenvalue weighted by atomic mass is 16.5. The van der Waals surface area contributed by atoms with Crippen LogP contribution in [0.5, 0.6) is 34.5 Å². The van der Waals surface area contributed by atoms with Gasteiger partial charge in [-0.2, -0.15) is 0 Å². The van der Waals surface area contributed by atoms with Gasteiger partial charge in [-0.3, -0.25) is 0 Å². The maximum absolute atomic E-state index is 6.13. The molecule has 0 saturated carbocycles. The lowest BCUT2D eigenvalue weighted by atomic mass is 10.1. The summed E-state index contributed by atoms with van der Waals surface area (Å²) in [5, 5.41) is 4.47. The molecule has 6 rings (SSSR count). The second kappa shape index (κ2) is 9.24. The molecule has 0 amide bonds. The summed E-state index contributed by atoms with van der Waals surface area (Å²) >= 11 is 0. The van der Waals surface area contributed by atoms with Crippen molar-refractivity contribution in [3.8, 4) is 34.5 Å². The van der Waals surface area contributed by atoms with E-state index in [-0.39, 0.29) is 0 Å². The monoisotopic (exact) mass is 454 g/mol. The predicted octanol–water partition coefficient (Wildman–Crippen LogP) is 9.37. The molecule has 0 fully saturated rings. The second-order valence-electron chi connectivity index (χ2n) is 8.20. The van der Waals surface area contributed by atoms with E-state index < -0.39 is 0 Å². The van der Waals surface area contributed by atoms with Crippen molar-refractivity contribution in [2.45, 2.75) is 0 Å². The SMILES string of the molecule is c1ccc2c(Oc3ccc(Oc4ccc(Oc5cccc6ccccc56)cc4)cc3)cccc2c1. The molecule has 0 aliphatic carbocycles. The second-order valence-corrected chi connectivity index (χ2v) is 8.20. The first-order valence-corrected chi connectivity index (χ1v) is 11.5. The van der Waals surface area contributed by atoms with Crippen molar-refractivity contribution in [3.63, 3.8) is 0 Å². The van der Waals surface area contributed by atoms with Gasteiger partial charge in [0.25, 0.3) is 0 Å². The van der Waals surface area contributed by atoms with Crippen LogP contribution in [0.25, 0.3) is 21.5 Å². The predicted molar refractivity (Wildman–Crippen MR) is 141 cm³/mol. The lowest BCUT2D eigenvalue weighted by Gasteiger charge is -2.11. The van der Waals surface area contributed by atoms with Gasteiger partial charge in [0.15, 0.2) is 0 Å². The molecule has 0 unspecified atom stereocenters. The van der Waals surface area contributed by atoms with E-state index in [2.05, 4.69) is 36.4 Å². The first kappa shape index (κ1) is 20.8. The third-order valence-corrected chi connectivity index (χ3v) is 5.84. The zero-order valence-electron chi connectivity index (χ0n) is 18.9. The van der Waals surface area contributed by atoms with Crippen LogP contribution in [-0.4, -0.2) is 0 Å². The van der Waals surface area contributed by atoms with E-state index >= 15 is 0 Å². The topological polar surface area (TPSA) is 27.7 Å². The standard InChI is InChI=1S/C32H22O3/c1-3-11-29-23(7-1)9-5-13-31(29)34-27-19-15-25(16-20-27)33-26-17-21-28(22-18-26)35-32-14-6-10-24-8-2-4-12-30(24)32/h1-22H. The van der Waals surface area contributed by atoms with Gasteiger partial charge in [-0.25, -0.2) is 0 Å². The normalized spacial score (nSPS) is 10.9. The third kappa shape index (κ3) is 4.53. The van der Waals surface area contributed by atoms with Crippen molar-refractivity contribution in [3.05, 3.63) is 133 Å². The van der Waals surface area contributed by atoms with Gasteiger partial charge in [0.05, 0.1) is 0 Å². The van der Waals surface area contributed by atoms with E-state index in [9.17, 15) is 0 Å². The third-order valence-electron chi connectivity index (χ3n) is 5.84. The minimum absolute atomic E-state index is 0.734. The Morgan fingerprint density at radius 3 is 1.06 bits per heavy atom. The van der Waals surface area contributed by atoms with Crippen LogP contribution in [-0.2, 0) is 0 Å². The Kier molecular flexibility index (Phi) is 5.50. The fraction of sp³-hybridized carbons (Fsp3) is 0. The highest BCUT2D eigenvalue weighted by Gasteiger charge is 2.06. The largest absolute Gasteiger partial charge is 0.457 e. The summed E-state index contributed by atoms with van der Waals surface area (Å²) in [6, 6.07) is 43.8. The molecule has 3 nitrogen and oxygen atoms in total. The molecule has 6 aromatic carbocycles. The van der Waals surface area contributed by atoms with E-state index in [0.717, 1.165) is 56.0 Å². The first-order valence-electron chi connectivity index (χ1n) is 11.5. The van der Waals surface area contributed by atoms with Gasteiger partial charge in [0, 0.05) is 10.8 Å². The van der Waals surface area contributed by atoms with Crippen LogP contribution in [0.3, 0.4) is 0 Å². The van der Waals surface area contributed by atoms with E-state index in [1.807, 2.05) is 97.1 Å². The Morgan fingerprint density at radius 2 is 0.629 bits per heavy atom. The lowest BCUT2D eigenvalue weighted by Crippen LogP contribution is -1.88. The highest BCUT2D eigenvalue weighted by Crippen LogP contribution is 2.33. The molecule has 0 N–H and O–H groups in total. The van der Waals surface area contributed by atoms with Crippen molar-refractivity contribution in [2.75, 3.05) is 0 Å². The van der Waals surface area contributed by atoms with Crippen molar-refractivity contribution in [2.24, 2.45) is 0 Å². The molecular formula is C32H22O3. The molecular weight excluding hydrogens is 432 g/mol. The van der Waals surface area contributed by atoms with Crippen molar-refractivity contribution < 1.29 is 14.2 Å². The summed E-state index contributed by atoms with van der Waals surface area (Å²) < 4.78 is 18.3. The molecule has 168 valence electrons. The molecule has 0 aromatic heterocycles. The highest BCUT2D eigenvalue weighted by molar-refractivity contribution is 5.89. The number of fused-ring (bicyclic) bond motifs is 2. The number of benzene rings is 6. The van der Waals surface area contributed by atoms with Gasteiger partial charge >= 0.3 is 0 Å². The fourth-order valence-electron chi connectivity index (χ4n) is 4.11. The number of hydrogen-bond acceptors (Lipinski definition) is 3. The van der Waals surface area contributed by atoms with Gasteiger partial charge in [0.1, 0.15) is 34.5 Å². The molecule has 6 aromatic rings. The average molecular weight is 455 g/mol. The van der Waals surface area contributed by atoms with Crippen LogP contribution >= 0.6 is 0 Å². The molecule has 35 heavy (non-hydrogen) atoms. The Morgan fingerprint density at radius 1 is 0.286 bits per heavy atom.